The van der Waals surface area contributed by atoms with Crippen molar-refractivity contribution in [3.63, 3.8) is 0 Å². The molecule has 0 spiro atoms. The van der Waals surface area contributed by atoms with Crippen molar-refractivity contribution < 1.29 is 19.4 Å². The molecular formula is C13H22N2O4. The van der Waals surface area contributed by atoms with Crippen molar-refractivity contribution in [3.8, 4) is 0 Å². The molecule has 2 N–H and O–H groups in total. The van der Waals surface area contributed by atoms with Gasteiger partial charge in [0.2, 0.25) is 5.91 Å². The Kier molecular flexibility index (Phi) is 4.10. The highest BCUT2D eigenvalue weighted by Crippen LogP contribution is 2.24. The van der Waals surface area contributed by atoms with E-state index in [2.05, 4.69) is 5.32 Å². The quantitative estimate of drug-likeness (QED) is 0.756. The number of nitrogens with zero attached hydrogens (tertiary/aromatic N) is 1. The van der Waals surface area contributed by atoms with Crippen LogP contribution in [0.5, 0.6) is 0 Å². The van der Waals surface area contributed by atoms with E-state index in [0.717, 1.165) is 25.9 Å². The summed E-state index contributed by atoms with van der Waals surface area (Å²) in [7, 11) is 0. The molecule has 2 atom stereocenters. The number of amides is 1. The fraction of sp³-hybridized carbons (Fsp3) is 0.846. The number of carboxylic acids is 1. The van der Waals surface area contributed by atoms with Crippen LogP contribution in [0.15, 0.2) is 0 Å². The van der Waals surface area contributed by atoms with E-state index >= 15 is 0 Å². The molecular weight excluding hydrogens is 248 g/mol. The molecule has 2 aliphatic heterocycles. The maximum Gasteiger partial charge on any atom is 0.326 e. The minimum Gasteiger partial charge on any atom is -0.480 e. The molecule has 0 bridgehead atoms. The first kappa shape index (κ1) is 14.3. The van der Waals surface area contributed by atoms with Crippen molar-refractivity contribution in [1.29, 1.82) is 0 Å². The first-order valence-electron chi connectivity index (χ1n) is 6.80. The number of ether oxygens (including phenoxy) is 1. The largest absolute Gasteiger partial charge is 0.480 e. The molecule has 0 aromatic heterocycles. The van der Waals surface area contributed by atoms with Gasteiger partial charge in [0.1, 0.15) is 12.6 Å². The van der Waals surface area contributed by atoms with Crippen LogP contribution in [0.3, 0.4) is 0 Å². The summed E-state index contributed by atoms with van der Waals surface area (Å²) in [4.78, 5) is 24.9. The van der Waals surface area contributed by atoms with Gasteiger partial charge < -0.3 is 20.1 Å². The molecule has 2 unspecified atom stereocenters. The molecule has 0 radical (unpaired) electrons. The molecule has 2 rings (SSSR count). The third-order valence-electron chi connectivity index (χ3n) is 4.05. The highest BCUT2D eigenvalue weighted by molar-refractivity contribution is 5.84. The molecule has 2 fully saturated rings. The van der Waals surface area contributed by atoms with E-state index in [1.54, 1.807) is 0 Å². The van der Waals surface area contributed by atoms with Crippen molar-refractivity contribution in [1.82, 2.24) is 10.2 Å². The number of rotatable bonds is 4. The van der Waals surface area contributed by atoms with Gasteiger partial charge in [0.15, 0.2) is 0 Å². The molecule has 6 heteroatoms. The van der Waals surface area contributed by atoms with Crippen LogP contribution in [0.2, 0.25) is 0 Å². The molecule has 1 amide bonds. The average molecular weight is 270 g/mol. The van der Waals surface area contributed by atoms with Crippen molar-refractivity contribution in [2.24, 2.45) is 5.92 Å². The second-order valence-corrected chi connectivity index (χ2v) is 5.83. The second-order valence-electron chi connectivity index (χ2n) is 5.83. The highest BCUT2D eigenvalue weighted by atomic mass is 16.5. The zero-order valence-electron chi connectivity index (χ0n) is 11.5. The summed E-state index contributed by atoms with van der Waals surface area (Å²) < 4.78 is 5.60. The Hall–Kier alpha value is -1.14. The number of carbonyl (C=O) groups is 2. The summed E-state index contributed by atoms with van der Waals surface area (Å²) in [6, 6.07) is -0.711. The Bertz CT molecular complexity index is 368. The fourth-order valence-corrected chi connectivity index (χ4v) is 2.74. The molecule has 2 heterocycles. The molecule has 6 nitrogen and oxygen atoms in total. The fourth-order valence-electron chi connectivity index (χ4n) is 2.74. The van der Waals surface area contributed by atoms with Crippen molar-refractivity contribution >= 4 is 11.9 Å². The number of carboxylic acid groups (broad SMARTS) is 1. The standard InChI is InChI=1S/C13H22N2O4/c1-9-4-3-5-15(11(9)12(17)18)10(16)6-19-13(2)7-14-8-13/h9,11,14H,3-8H2,1-2H3,(H,17,18). The van der Waals surface area contributed by atoms with Gasteiger partial charge in [-0.25, -0.2) is 4.79 Å². The first-order chi connectivity index (χ1) is 8.93. The van der Waals surface area contributed by atoms with Crippen LogP contribution in [0.25, 0.3) is 0 Å². The van der Waals surface area contributed by atoms with Crippen LogP contribution in [0.1, 0.15) is 26.7 Å². The zero-order valence-corrected chi connectivity index (χ0v) is 11.5. The second kappa shape index (κ2) is 5.46. The maximum atomic E-state index is 12.2. The Balaban J connectivity index is 1.94. The van der Waals surface area contributed by atoms with E-state index < -0.39 is 12.0 Å². The van der Waals surface area contributed by atoms with Gasteiger partial charge >= 0.3 is 5.97 Å². The lowest BCUT2D eigenvalue weighted by atomic mass is 9.91. The lowest BCUT2D eigenvalue weighted by molar-refractivity contribution is -0.161. The van der Waals surface area contributed by atoms with E-state index in [1.807, 2.05) is 13.8 Å². The average Bonchev–Trinajstić information content (AvgIpc) is 2.32. The summed E-state index contributed by atoms with van der Waals surface area (Å²) in [5, 5.41) is 12.4. The minimum absolute atomic E-state index is 0.00356. The Morgan fingerprint density at radius 1 is 1.47 bits per heavy atom. The van der Waals surface area contributed by atoms with Gasteiger partial charge in [-0.2, -0.15) is 0 Å². The summed E-state index contributed by atoms with van der Waals surface area (Å²) in [6.07, 6.45) is 1.71. The van der Waals surface area contributed by atoms with Gasteiger partial charge in [0.25, 0.3) is 0 Å². The molecule has 108 valence electrons. The number of hydrogen-bond donors (Lipinski definition) is 2. The van der Waals surface area contributed by atoms with Gasteiger partial charge in [-0.1, -0.05) is 6.92 Å². The first-order valence-corrected chi connectivity index (χ1v) is 6.80. The Morgan fingerprint density at radius 2 is 2.16 bits per heavy atom. The Morgan fingerprint density at radius 3 is 2.68 bits per heavy atom. The van der Waals surface area contributed by atoms with Gasteiger partial charge in [-0.15, -0.1) is 0 Å². The molecule has 0 aliphatic carbocycles. The van der Waals surface area contributed by atoms with E-state index in [-0.39, 0.29) is 24.0 Å². The lowest BCUT2D eigenvalue weighted by Crippen LogP contribution is -2.60. The van der Waals surface area contributed by atoms with Crippen molar-refractivity contribution in [3.05, 3.63) is 0 Å². The van der Waals surface area contributed by atoms with Crippen molar-refractivity contribution in [2.45, 2.75) is 38.3 Å². The zero-order chi connectivity index (χ0) is 14.0. The predicted octanol–water partition coefficient (Wildman–Crippen LogP) is 0.0766. The number of nitrogens with one attached hydrogen (secondary N) is 1. The summed E-state index contributed by atoms with van der Waals surface area (Å²) >= 11 is 0. The molecule has 2 saturated heterocycles. The van der Waals surface area contributed by atoms with E-state index in [0.29, 0.717) is 6.54 Å². The van der Waals surface area contributed by atoms with E-state index in [4.69, 9.17) is 4.74 Å². The van der Waals surface area contributed by atoms with Gasteiger partial charge in [0.05, 0.1) is 5.60 Å². The SMILES string of the molecule is CC1CCCN(C(=O)COC2(C)CNC2)C1C(=O)O. The van der Waals surface area contributed by atoms with Gasteiger partial charge in [-0.3, -0.25) is 4.79 Å². The smallest absolute Gasteiger partial charge is 0.326 e. The van der Waals surface area contributed by atoms with Crippen LogP contribution in [0.4, 0.5) is 0 Å². The number of hydrogen-bond acceptors (Lipinski definition) is 4. The van der Waals surface area contributed by atoms with Crippen LogP contribution in [-0.4, -0.2) is 59.8 Å². The van der Waals surface area contributed by atoms with E-state index in [1.165, 1.54) is 4.90 Å². The third kappa shape index (κ3) is 3.06. The van der Waals surface area contributed by atoms with E-state index in [9.17, 15) is 14.7 Å². The Labute approximate surface area is 113 Å². The topological polar surface area (TPSA) is 78.9 Å². The summed E-state index contributed by atoms with van der Waals surface area (Å²) in [5.41, 5.74) is -0.282. The monoisotopic (exact) mass is 270 g/mol. The number of carbonyl (C=O) groups excluding carboxylic acids is 1. The summed E-state index contributed by atoms with van der Waals surface area (Å²) in [5.74, 6) is -1.14. The molecule has 0 aromatic rings. The van der Waals surface area contributed by atoms with Gasteiger partial charge in [-0.05, 0) is 25.7 Å². The van der Waals surface area contributed by atoms with Crippen molar-refractivity contribution in [2.75, 3.05) is 26.2 Å². The molecule has 2 aliphatic rings. The minimum atomic E-state index is -0.919. The third-order valence-corrected chi connectivity index (χ3v) is 4.05. The normalized spacial score (nSPS) is 29.7. The molecule has 0 saturated carbocycles. The lowest BCUT2D eigenvalue weighted by Gasteiger charge is -2.41. The highest BCUT2D eigenvalue weighted by Gasteiger charge is 2.38. The number of piperidine rings is 1. The molecule has 0 aromatic carbocycles. The molecule has 19 heavy (non-hydrogen) atoms. The van der Waals surface area contributed by atoms with Crippen LogP contribution < -0.4 is 5.32 Å². The van der Waals surface area contributed by atoms with Crippen LogP contribution in [-0.2, 0) is 14.3 Å². The van der Waals surface area contributed by atoms with Crippen LogP contribution >= 0.6 is 0 Å². The van der Waals surface area contributed by atoms with Crippen LogP contribution in [0, 0.1) is 5.92 Å². The number of likely N-dealkylation sites (tertiary alicyclic amines) is 1. The summed E-state index contributed by atoms with van der Waals surface area (Å²) in [6.45, 7) is 5.78. The number of aliphatic carboxylic acids is 1. The van der Waals surface area contributed by atoms with Gasteiger partial charge in [0, 0.05) is 19.6 Å². The predicted molar refractivity (Wildman–Crippen MR) is 68.8 cm³/mol. The maximum absolute atomic E-state index is 12.2.